The van der Waals surface area contributed by atoms with Crippen LogP contribution in [-0.4, -0.2) is 24.1 Å². The van der Waals surface area contributed by atoms with Crippen LogP contribution in [-0.2, 0) is 6.54 Å². The van der Waals surface area contributed by atoms with Crippen LogP contribution in [0.15, 0.2) is 60.0 Å². The molecule has 28 heavy (non-hydrogen) atoms. The summed E-state index contributed by atoms with van der Waals surface area (Å²) in [7, 11) is 0. The van der Waals surface area contributed by atoms with E-state index in [0.717, 1.165) is 16.5 Å². The third-order valence-corrected chi connectivity index (χ3v) is 5.17. The standard InChI is InChI=1S/C22H24N2O3S/c1-16(2)22-24-17(15-28-22)14-23-21(25)19-10-6-7-11-20(19)27-13-12-26-18-8-4-3-5-9-18/h3-11,15-16H,12-14H2,1-2H3,(H,23,25). The number of nitrogens with one attached hydrogen (secondary N) is 1. The lowest BCUT2D eigenvalue weighted by Crippen LogP contribution is -2.24. The summed E-state index contributed by atoms with van der Waals surface area (Å²) in [5, 5.41) is 5.98. The molecule has 1 amide bonds. The molecule has 1 aromatic heterocycles. The Morgan fingerprint density at radius 1 is 1.04 bits per heavy atom. The van der Waals surface area contributed by atoms with Crippen LogP contribution in [0.3, 0.4) is 0 Å². The number of hydrogen-bond donors (Lipinski definition) is 1. The molecule has 3 aromatic rings. The van der Waals surface area contributed by atoms with Gasteiger partial charge in [0.2, 0.25) is 0 Å². The maximum absolute atomic E-state index is 12.6. The maximum atomic E-state index is 12.6. The first-order valence-electron chi connectivity index (χ1n) is 9.25. The van der Waals surface area contributed by atoms with Gasteiger partial charge in [-0.25, -0.2) is 4.98 Å². The van der Waals surface area contributed by atoms with Gasteiger partial charge < -0.3 is 14.8 Å². The van der Waals surface area contributed by atoms with Gasteiger partial charge in [0.25, 0.3) is 5.91 Å². The minimum absolute atomic E-state index is 0.182. The predicted molar refractivity (Wildman–Crippen MR) is 111 cm³/mol. The van der Waals surface area contributed by atoms with Crippen LogP contribution in [0.5, 0.6) is 11.5 Å². The molecule has 2 aromatic carbocycles. The number of carbonyl (C=O) groups excluding carboxylic acids is 1. The number of rotatable bonds is 9. The quantitative estimate of drug-likeness (QED) is 0.535. The largest absolute Gasteiger partial charge is 0.490 e. The fraction of sp³-hybridized carbons (Fsp3) is 0.273. The molecule has 0 unspecified atom stereocenters. The summed E-state index contributed by atoms with van der Waals surface area (Å²) in [6, 6.07) is 16.8. The van der Waals surface area contributed by atoms with E-state index in [1.165, 1.54) is 0 Å². The van der Waals surface area contributed by atoms with E-state index in [1.807, 2.05) is 47.8 Å². The van der Waals surface area contributed by atoms with Crippen molar-refractivity contribution in [2.24, 2.45) is 0 Å². The summed E-state index contributed by atoms with van der Waals surface area (Å²) in [4.78, 5) is 17.1. The van der Waals surface area contributed by atoms with Crippen LogP contribution in [0.4, 0.5) is 0 Å². The average Bonchev–Trinajstić information content (AvgIpc) is 3.20. The topological polar surface area (TPSA) is 60.5 Å². The fourth-order valence-electron chi connectivity index (χ4n) is 2.54. The monoisotopic (exact) mass is 396 g/mol. The van der Waals surface area contributed by atoms with E-state index < -0.39 is 0 Å². The first-order chi connectivity index (χ1) is 13.6. The minimum Gasteiger partial charge on any atom is -0.490 e. The number of carbonyl (C=O) groups is 1. The van der Waals surface area contributed by atoms with Crippen LogP contribution in [0.1, 0.15) is 40.8 Å². The first kappa shape index (κ1) is 19.9. The van der Waals surface area contributed by atoms with Gasteiger partial charge in [0.15, 0.2) is 0 Å². The molecule has 6 heteroatoms. The third kappa shape index (κ3) is 5.57. The van der Waals surface area contributed by atoms with E-state index in [-0.39, 0.29) is 5.91 Å². The van der Waals surface area contributed by atoms with E-state index in [0.29, 0.717) is 37.0 Å². The molecule has 0 aliphatic rings. The zero-order valence-electron chi connectivity index (χ0n) is 16.1. The minimum atomic E-state index is -0.182. The molecule has 0 saturated carbocycles. The number of hydrogen-bond acceptors (Lipinski definition) is 5. The van der Waals surface area contributed by atoms with Gasteiger partial charge in [-0.3, -0.25) is 4.79 Å². The van der Waals surface area contributed by atoms with Gasteiger partial charge in [-0.05, 0) is 24.3 Å². The summed E-state index contributed by atoms with van der Waals surface area (Å²) in [6.45, 7) is 5.36. The van der Waals surface area contributed by atoms with Crippen LogP contribution < -0.4 is 14.8 Å². The lowest BCUT2D eigenvalue weighted by Gasteiger charge is -2.12. The molecular weight excluding hydrogens is 372 g/mol. The number of para-hydroxylation sites is 2. The molecular formula is C22H24N2O3S. The van der Waals surface area contributed by atoms with Crippen LogP contribution >= 0.6 is 11.3 Å². The van der Waals surface area contributed by atoms with Gasteiger partial charge in [0.1, 0.15) is 24.7 Å². The Labute approximate surface area is 169 Å². The average molecular weight is 397 g/mol. The van der Waals surface area contributed by atoms with Crippen LogP contribution in [0.25, 0.3) is 0 Å². The molecule has 0 spiro atoms. The zero-order valence-corrected chi connectivity index (χ0v) is 16.9. The van der Waals surface area contributed by atoms with Crippen molar-refractivity contribution in [1.29, 1.82) is 0 Å². The van der Waals surface area contributed by atoms with Crippen molar-refractivity contribution in [3.8, 4) is 11.5 Å². The molecule has 0 saturated heterocycles. The molecule has 3 rings (SSSR count). The van der Waals surface area contributed by atoms with Gasteiger partial charge in [-0.2, -0.15) is 0 Å². The molecule has 0 radical (unpaired) electrons. The molecule has 146 valence electrons. The Kier molecular flexibility index (Phi) is 7.03. The van der Waals surface area contributed by atoms with Crippen molar-refractivity contribution in [3.05, 3.63) is 76.2 Å². The number of aromatic nitrogens is 1. The molecule has 0 bridgehead atoms. The first-order valence-corrected chi connectivity index (χ1v) is 10.1. The second kappa shape index (κ2) is 9.90. The van der Waals surface area contributed by atoms with Gasteiger partial charge >= 0.3 is 0 Å². The number of nitrogens with zero attached hydrogens (tertiary/aromatic N) is 1. The summed E-state index contributed by atoms with van der Waals surface area (Å²) in [6.07, 6.45) is 0. The van der Waals surface area contributed by atoms with Gasteiger partial charge in [0, 0.05) is 11.3 Å². The number of amides is 1. The molecule has 1 heterocycles. The molecule has 0 atom stereocenters. The predicted octanol–water partition coefficient (Wildman–Crippen LogP) is 4.65. The molecule has 0 fully saturated rings. The SMILES string of the molecule is CC(C)c1nc(CNC(=O)c2ccccc2OCCOc2ccccc2)cs1. The fourth-order valence-corrected chi connectivity index (χ4v) is 3.38. The van der Waals surface area contributed by atoms with Crippen molar-refractivity contribution >= 4 is 17.2 Å². The highest BCUT2D eigenvalue weighted by Crippen LogP contribution is 2.20. The number of thiazole rings is 1. The summed E-state index contributed by atoms with van der Waals surface area (Å²) in [5.74, 6) is 1.54. The molecule has 5 nitrogen and oxygen atoms in total. The van der Waals surface area contributed by atoms with E-state index in [2.05, 4.69) is 24.1 Å². The van der Waals surface area contributed by atoms with E-state index >= 15 is 0 Å². The Balaban J connectivity index is 1.52. The Hall–Kier alpha value is -2.86. The van der Waals surface area contributed by atoms with E-state index in [9.17, 15) is 4.79 Å². The summed E-state index contributed by atoms with van der Waals surface area (Å²) >= 11 is 1.62. The summed E-state index contributed by atoms with van der Waals surface area (Å²) < 4.78 is 11.4. The number of ether oxygens (including phenoxy) is 2. The lowest BCUT2D eigenvalue weighted by atomic mass is 10.2. The van der Waals surface area contributed by atoms with E-state index in [4.69, 9.17) is 9.47 Å². The Morgan fingerprint density at radius 3 is 2.50 bits per heavy atom. The Morgan fingerprint density at radius 2 is 1.75 bits per heavy atom. The van der Waals surface area contributed by atoms with Crippen LogP contribution in [0.2, 0.25) is 0 Å². The van der Waals surface area contributed by atoms with Gasteiger partial charge in [0.05, 0.1) is 22.8 Å². The van der Waals surface area contributed by atoms with Crippen molar-refractivity contribution in [3.63, 3.8) is 0 Å². The number of benzene rings is 2. The maximum Gasteiger partial charge on any atom is 0.255 e. The normalized spacial score (nSPS) is 10.7. The second-order valence-electron chi connectivity index (χ2n) is 6.52. The Bertz CT molecular complexity index is 894. The van der Waals surface area contributed by atoms with Crippen LogP contribution in [0, 0.1) is 0 Å². The molecule has 0 aliphatic carbocycles. The third-order valence-electron chi connectivity index (χ3n) is 3.98. The summed E-state index contributed by atoms with van der Waals surface area (Å²) in [5.41, 5.74) is 1.37. The van der Waals surface area contributed by atoms with Gasteiger partial charge in [-0.15, -0.1) is 11.3 Å². The van der Waals surface area contributed by atoms with Crippen molar-refractivity contribution < 1.29 is 14.3 Å². The van der Waals surface area contributed by atoms with Crippen molar-refractivity contribution in [1.82, 2.24) is 10.3 Å². The smallest absolute Gasteiger partial charge is 0.255 e. The highest BCUT2D eigenvalue weighted by molar-refractivity contribution is 7.09. The molecule has 0 aliphatic heterocycles. The highest BCUT2D eigenvalue weighted by atomic mass is 32.1. The van der Waals surface area contributed by atoms with Crippen molar-refractivity contribution in [2.75, 3.05) is 13.2 Å². The van der Waals surface area contributed by atoms with Crippen molar-refractivity contribution in [2.45, 2.75) is 26.3 Å². The molecule has 1 N–H and O–H groups in total. The highest BCUT2D eigenvalue weighted by Gasteiger charge is 2.13. The second-order valence-corrected chi connectivity index (χ2v) is 7.41. The lowest BCUT2D eigenvalue weighted by molar-refractivity contribution is 0.0945. The zero-order chi connectivity index (χ0) is 19.8. The van der Waals surface area contributed by atoms with E-state index in [1.54, 1.807) is 23.5 Å². The van der Waals surface area contributed by atoms with Gasteiger partial charge in [-0.1, -0.05) is 44.2 Å².